The van der Waals surface area contributed by atoms with Crippen molar-refractivity contribution in [1.29, 1.82) is 0 Å². The van der Waals surface area contributed by atoms with Crippen molar-refractivity contribution in [3.05, 3.63) is 57.8 Å². The molecule has 0 bridgehead atoms. The Morgan fingerprint density at radius 1 is 1.07 bits per heavy atom. The Hall–Kier alpha value is -1.81. The van der Waals surface area contributed by atoms with Gasteiger partial charge in [0, 0.05) is 43.6 Å². The maximum Gasteiger partial charge on any atom is 0.243 e. The number of hydrogen-bond donors (Lipinski definition) is 1. The highest BCUT2D eigenvalue weighted by atomic mass is 79.9. The summed E-state index contributed by atoms with van der Waals surface area (Å²) < 4.78 is 41.7. The van der Waals surface area contributed by atoms with Crippen LogP contribution in [0.5, 0.6) is 0 Å². The highest BCUT2D eigenvalue weighted by Gasteiger charge is 2.28. The van der Waals surface area contributed by atoms with Gasteiger partial charge in [-0.2, -0.15) is 4.31 Å². The minimum absolute atomic E-state index is 0.146. The summed E-state index contributed by atoms with van der Waals surface area (Å²) in [5.74, 6) is -0.774. The Labute approximate surface area is 185 Å². The van der Waals surface area contributed by atoms with Crippen molar-refractivity contribution < 1.29 is 17.6 Å². The number of carbonyl (C=O) groups excluding carboxylic acids is 1. The molecule has 0 aliphatic carbocycles. The van der Waals surface area contributed by atoms with Gasteiger partial charge in [0.2, 0.25) is 15.9 Å². The monoisotopic (exact) mass is 497 g/mol. The Kier molecular flexibility index (Phi) is 7.28. The highest BCUT2D eigenvalue weighted by Crippen LogP contribution is 2.21. The first-order valence-electron chi connectivity index (χ1n) is 9.71. The Morgan fingerprint density at radius 2 is 1.77 bits per heavy atom. The Bertz CT molecular complexity index is 1040. The van der Waals surface area contributed by atoms with Crippen molar-refractivity contribution in [3.8, 4) is 0 Å². The molecule has 6 nitrogen and oxygen atoms in total. The normalized spacial score (nSPS) is 15.9. The Morgan fingerprint density at radius 3 is 2.40 bits per heavy atom. The number of aryl methyl sites for hydroxylation is 2. The van der Waals surface area contributed by atoms with Gasteiger partial charge in [0.05, 0.1) is 10.6 Å². The first-order valence-corrected chi connectivity index (χ1v) is 11.9. The topological polar surface area (TPSA) is 69.7 Å². The average molecular weight is 498 g/mol. The molecule has 0 aromatic heterocycles. The molecule has 0 saturated carbocycles. The number of halogens is 2. The molecule has 0 unspecified atom stereocenters. The number of nitrogens with zero attached hydrogens (tertiary/aromatic N) is 2. The van der Waals surface area contributed by atoms with Crippen molar-refractivity contribution in [1.82, 2.24) is 9.21 Å². The summed E-state index contributed by atoms with van der Waals surface area (Å²) in [4.78, 5) is 14.5. The molecule has 2 aromatic carbocycles. The molecule has 30 heavy (non-hydrogen) atoms. The summed E-state index contributed by atoms with van der Waals surface area (Å²) in [6.07, 6.45) is 0.208. The second-order valence-electron chi connectivity index (χ2n) is 7.41. The van der Waals surface area contributed by atoms with Crippen molar-refractivity contribution in [2.24, 2.45) is 0 Å². The van der Waals surface area contributed by atoms with Crippen LogP contribution in [-0.4, -0.2) is 56.3 Å². The van der Waals surface area contributed by atoms with E-state index in [0.717, 1.165) is 11.1 Å². The third-order valence-corrected chi connectivity index (χ3v) is 7.70. The van der Waals surface area contributed by atoms with E-state index in [1.54, 1.807) is 18.2 Å². The molecule has 1 amide bonds. The van der Waals surface area contributed by atoms with Crippen LogP contribution in [0, 0.1) is 19.7 Å². The minimum atomic E-state index is -3.52. The fourth-order valence-electron chi connectivity index (χ4n) is 3.28. The van der Waals surface area contributed by atoms with Gasteiger partial charge in [-0.15, -0.1) is 0 Å². The molecule has 1 saturated heterocycles. The predicted molar refractivity (Wildman–Crippen MR) is 118 cm³/mol. The highest BCUT2D eigenvalue weighted by molar-refractivity contribution is 9.10. The van der Waals surface area contributed by atoms with Crippen LogP contribution in [0.1, 0.15) is 17.5 Å². The lowest BCUT2D eigenvalue weighted by Crippen LogP contribution is -2.49. The molecule has 1 N–H and O–H groups in total. The number of rotatable bonds is 6. The van der Waals surface area contributed by atoms with Crippen molar-refractivity contribution in [3.63, 3.8) is 0 Å². The molecule has 2 aromatic rings. The van der Waals surface area contributed by atoms with Crippen molar-refractivity contribution >= 4 is 37.5 Å². The quantitative estimate of drug-likeness (QED) is 0.662. The SMILES string of the molecule is Cc1ccc(S(=O)(=O)N2CCN(CCC(=O)Nc3ccc(Br)cc3F)CC2)cc1C. The standard InChI is InChI=1S/C21H25BrFN3O3S/c1-15-3-5-18(13-16(15)2)30(28,29)26-11-9-25(10-12-26)8-7-21(27)24-20-6-4-17(22)14-19(20)23/h3-6,13-14H,7-12H2,1-2H3,(H,24,27). The van der Waals surface area contributed by atoms with Crippen LogP contribution in [0.15, 0.2) is 45.8 Å². The fourth-order valence-corrected chi connectivity index (χ4v) is 5.12. The summed E-state index contributed by atoms with van der Waals surface area (Å²) in [6, 6.07) is 9.65. The van der Waals surface area contributed by atoms with E-state index in [9.17, 15) is 17.6 Å². The average Bonchev–Trinajstić information content (AvgIpc) is 2.71. The van der Waals surface area contributed by atoms with E-state index in [1.165, 1.54) is 16.4 Å². The number of piperazine rings is 1. The first kappa shape index (κ1) is 22.9. The summed E-state index contributed by atoms with van der Waals surface area (Å²) in [7, 11) is -3.52. The summed E-state index contributed by atoms with van der Waals surface area (Å²) in [5.41, 5.74) is 2.15. The third kappa shape index (κ3) is 5.46. The predicted octanol–water partition coefficient (Wildman–Crippen LogP) is 3.54. The lowest BCUT2D eigenvalue weighted by atomic mass is 10.1. The molecule has 1 aliphatic heterocycles. The zero-order chi connectivity index (χ0) is 21.9. The van der Waals surface area contributed by atoms with Crippen LogP contribution in [0.4, 0.5) is 10.1 Å². The van der Waals surface area contributed by atoms with Crippen LogP contribution in [-0.2, 0) is 14.8 Å². The van der Waals surface area contributed by atoms with Crippen LogP contribution in [0.25, 0.3) is 0 Å². The van der Waals surface area contributed by atoms with Crippen LogP contribution in [0.3, 0.4) is 0 Å². The van der Waals surface area contributed by atoms with Gasteiger partial charge in [-0.1, -0.05) is 22.0 Å². The lowest BCUT2D eigenvalue weighted by Gasteiger charge is -2.33. The van der Waals surface area contributed by atoms with E-state index in [-0.39, 0.29) is 18.0 Å². The van der Waals surface area contributed by atoms with Crippen LogP contribution < -0.4 is 5.32 Å². The number of amides is 1. The second-order valence-corrected chi connectivity index (χ2v) is 10.3. The van der Waals surface area contributed by atoms with Crippen LogP contribution >= 0.6 is 15.9 Å². The molecule has 162 valence electrons. The molecular weight excluding hydrogens is 473 g/mol. The number of nitrogens with one attached hydrogen (secondary N) is 1. The maximum absolute atomic E-state index is 13.8. The molecule has 0 radical (unpaired) electrons. The van der Waals surface area contributed by atoms with E-state index in [2.05, 4.69) is 21.2 Å². The molecule has 1 aliphatic rings. The molecular formula is C21H25BrFN3O3S. The number of sulfonamides is 1. The fraction of sp³-hybridized carbons (Fsp3) is 0.381. The van der Waals surface area contributed by atoms with Gasteiger partial charge in [0.1, 0.15) is 5.82 Å². The largest absolute Gasteiger partial charge is 0.324 e. The van der Waals surface area contributed by atoms with E-state index in [4.69, 9.17) is 0 Å². The van der Waals surface area contributed by atoms with Gasteiger partial charge in [0.15, 0.2) is 0 Å². The number of benzene rings is 2. The number of hydrogen-bond acceptors (Lipinski definition) is 4. The summed E-state index contributed by atoms with van der Waals surface area (Å²) in [6.45, 7) is 6.18. The van der Waals surface area contributed by atoms with Gasteiger partial charge in [0.25, 0.3) is 0 Å². The van der Waals surface area contributed by atoms with Gasteiger partial charge in [-0.25, -0.2) is 12.8 Å². The van der Waals surface area contributed by atoms with Gasteiger partial charge < -0.3 is 10.2 Å². The molecule has 1 heterocycles. The van der Waals surface area contributed by atoms with Gasteiger partial charge in [-0.05, 0) is 55.3 Å². The summed E-state index contributed by atoms with van der Waals surface area (Å²) in [5, 5.41) is 2.57. The third-order valence-electron chi connectivity index (χ3n) is 5.31. The van der Waals surface area contributed by atoms with Gasteiger partial charge >= 0.3 is 0 Å². The van der Waals surface area contributed by atoms with E-state index >= 15 is 0 Å². The maximum atomic E-state index is 13.8. The zero-order valence-electron chi connectivity index (χ0n) is 17.0. The van der Waals surface area contributed by atoms with E-state index in [0.29, 0.717) is 42.1 Å². The molecule has 3 rings (SSSR count). The molecule has 9 heteroatoms. The van der Waals surface area contributed by atoms with Crippen LogP contribution in [0.2, 0.25) is 0 Å². The lowest BCUT2D eigenvalue weighted by molar-refractivity contribution is -0.116. The molecule has 0 atom stereocenters. The second kappa shape index (κ2) is 9.55. The smallest absolute Gasteiger partial charge is 0.243 e. The zero-order valence-corrected chi connectivity index (χ0v) is 19.4. The number of carbonyl (C=O) groups is 1. The molecule has 0 spiro atoms. The number of anilines is 1. The van der Waals surface area contributed by atoms with E-state index in [1.807, 2.05) is 24.8 Å². The van der Waals surface area contributed by atoms with E-state index < -0.39 is 15.8 Å². The molecule has 1 fully saturated rings. The summed E-state index contributed by atoms with van der Waals surface area (Å²) >= 11 is 3.18. The van der Waals surface area contributed by atoms with Crippen molar-refractivity contribution in [2.75, 3.05) is 38.0 Å². The Balaban J connectivity index is 1.50. The minimum Gasteiger partial charge on any atom is -0.324 e. The van der Waals surface area contributed by atoms with Gasteiger partial charge in [-0.3, -0.25) is 4.79 Å². The van der Waals surface area contributed by atoms with Crippen molar-refractivity contribution in [2.45, 2.75) is 25.2 Å². The first-order chi connectivity index (χ1) is 14.2.